The van der Waals surface area contributed by atoms with Gasteiger partial charge in [-0.05, 0) is 0 Å². The highest BCUT2D eigenvalue weighted by Gasteiger charge is 2.24. The number of carboxylic acid groups (broad SMARTS) is 2. The fourth-order valence-corrected chi connectivity index (χ4v) is 4.06. The van der Waals surface area contributed by atoms with Gasteiger partial charge in [0, 0.05) is 17.4 Å². The average Bonchev–Trinajstić information content (AvgIpc) is 2.53. The molecule has 4 amide bonds. The lowest BCUT2D eigenvalue weighted by molar-refractivity contribution is -0.141. The number of carboxylic acids is 2. The monoisotopic (exact) mass is 438 g/mol. The highest BCUT2D eigenvalue weighted by atomic mass is 33.1. The van der Waals surface area contributed by atoms with Crippen LogP contribution in [0, 0.1) is 0 Å². The van der Waals surface area contributed by atoms with E-state index < -0.39 is 55.0 Å². The van der Waals surface area contributed by atoms with Crippen LogP contribution >= 0.6 is 21.6 Å². The highest BCUT2D eigenvalue weighted by Crippen LogP contribution is 2.35. The Labute approximate surface area is 170 Å². The summed E-state index contributed by atoms with van der Waals surface area (Å²) < 4.78 is -0.0952. The smallest absolute Gasteiger partial charge is 0.328 e. The molecule has 2 atom stereocenters. The van der Waals surface area contributed by atoms with E-state index >= 15 is 0 Å². The van der Waals surface area contributed by atoms with Crippen LogP contribution in [0.4, 0.5) is 4.79 Å². The van der Waals surface area contributed by atoms with Gasteiger partial charge in [0.15, 0.2) is 0 Å². The minimum absolute atomic E-state index is 0.0952. The molecule has 0 aromatic heterocycles. The van der Waals surface area contributed by atoms with Crippen molar-refractivity contribution in [2.45, 2.75) is 44.5 Å². The first-order valence-corrected chi connectivity index (χ1v) is 10.5. The molecule has 0 aliphatic heterocycles. The maximum Gasteiger partial charge on any atom is 0.328 e. The summed E-state index contributed by atoms with van der Waals surface area (Å²) >= 11 is 0. The predicted octanol–water partition coefficient (Wildman–Crippen LogP) is -0.376. The van der Waals surface area contributed by atoms with E-state index in [1.807, 2.05) is 20.8 Å². The SMILES string of the molecule is CC(=O)N[C@@H](CNC(=O)N[C@@H](CSSC(C)(C)C)C(=O)NCC(=O)O)C(=O)O. The molecule has 0 radical (unpaired) electrons. The number of nitrogens with one attached hydrogen (secondary N) is 4. The molecule has 11 nitrogen and oxygen atoms in total. The third-order valence-corrected chi connectivity index (χ3v) is 6.07. The largest absolute Gasteiger partial charge is 0.480 e. The number of carbonyl (C=O) groups excluding carboxylic acids is 3. The van der Waals surface area contributed by atoms with E-state index in [1.165, 1.54) is 21.6 Å². The Hall–Kier alpha value is -2.15. The Morgan fingerprint density at radius 1 is 0.964 bits per heavy atom. The van der Waals surface area contributed by atoms with Gasteiger partial charge in [-0.15, -0.1) is 0 Å². The van der Waals surface area contributed by atoms with Gasteiger partial charge in [0.05, 0.1) is 6.54 Å². The van der Waals surface area contributed by atoms with Gasteiger partial charge in [-0.2, -0.15) is 0 Å². The fraction of sp³-hybridized carbons (Fsp3) is 0.667. The summed E-state index contributed by atoms with van der Waals surface area (Å²) in [4.78, 5) is 56.8. The maximum absolute atomic E-state index is 12.1. The summed E-state index contributed by atoms with van der Waals surface area (Å²) in [7, 11) is 2.81. The van der Waals surface area contributed by atoms with Gasteiger partial charge in [0.1, 0.15) is 18.6 Å². The lowest BCUT2D eigenvalue weighted by Gasteiger charge is -2.21. The molecule has 0 aromatic carbocycles. The van der Waals surface area contributed by atoms with E-state index in [-0.39, 0.29) is 10.5 Å². The first-order valence-electron chi connectivity index (χ1n) is 8.16. The second-order valence-corrected chi connectivity index (χ2v) is 9.76. The van der Waals surface area contributed by atoms with Crippen LogP contribution in [0.3, 0.4) is 0 Å². The standard InChI is InChI=1S/C15H26N4O7S2/c1-8(20)18-9(13(24)25)5-17-14(26)19-10(7-27-28-15(2,3)4)12(23)16-6-11(21)22/h9-10H,5-7H2,1-4H3,(H,16,23)(H,18,20)(H,21,22)(H,24,25)(H2,17,19,26)/t9-,10-/m0/s1. The van der Waals surface area contributed by atoms with Gasteiger partial charge in [0.25, 0.3) is 0 Å². The zero-order valence-electron chi connectivity index (χ0n) is 16.0. The van der Waals surface area contributed by atoms with Crippen molar-refractivity contribution in [3.8, 4) is 0 Å². The van der Waals surface area contributed by atoms with E-state index in [2.05, 4.69) is 21.3 Å². The molecule has 0 rings (SSSR count). The quantitative estimate of drug-likeness (QED) is 0.235. The molecule has 0 fully saturated rings. The molecule has 0 spiro atoms. The van der Waals surface area contributed by atoms with Crippen LogP contribution in [0.25, 0.3) is 0 Å². The molecule has 0 aromatic rings. The van der Waals surface area contributed by atoms with Crippen molar-refractivity contribution in [1.82, 2.24) is 21.3 Å². The van der Waals surface area contributed by atoms with Crippen molar-refractivity contribution >= 4 is 51.4 Å². The number of urea groups is 1. The normalized spacial score (nSPS) is 13.0. The second-order valence-electron chi connectivity index (χ2n) is 6.59. The van der Waals surface area contributed by atoms with Crippen molar-refractivity contribution in [1.29, 1.82) is 0 Å². The van der Waals surface area contributed by atoms with Gasteiger partial charge >= 0.3 is 18.0 Å². The van der Waals surface area contributed by atoms with Crippen molar-refractivity contribution in [2.75, 3.05) is 18.8 Å². The molecule has 0 saturated heterocycles. The number of hydrogen-bond acceptors (Lipinski definition) is 7. The highest BCUT2D eigenvalue weighted by molar-refractivity contribution is 8.77. The zero-order chi connectivity index (χ0) is 21.9. The number of carbonyl (C=O) groups is 5. The van der Waals surface area contributed by atoms with Gasteiger partial charge in [0.2, 0.25) is 11.8 Å². The van der Waals surface area contributed by atoms with Crippen molar-refractivity contribution in [3.63, 3.8) is 0 Å². The van der Waals surface area contributed by atoms with Crippen LogP contribution in [-0.4, -0.2) is 75.7 Å². The van der Waals surface area contributed by atoms with E-state index in [9.17, 15) is 24.0 Å². The zero-order valence-corrected chi connectivity index (χ0v) is 17.7. The molecule has 0 unspecified atom stereocenters. The molecule has 0 aliphatic rings. The van der Waals surface area contributed by atoms with Gasteiger partial charge in [-0.1, -0.05) is 42.4 Å². The summed E-state index contributed by atoms with van der Waals surface area (Å²) in [6.07, 6.45) is 0. The molecule has 0 bridgehead atoms. The first kappa shape index (κ1) is 25.9. The first-order chi connectivity index (χ1) is 12.8. The molecule has 160 valence electrons. The Kier molecular flexibility index (Phi) is 11.4. The topological polar surface area (TPSA) is 174 Å². The fourth-order valence-electron chi connectivity index (χ4n) is 1.60. The Bertz CT molecular complexity index is 595. The molecule has 6 N–H and O–H groups in total. The van der Waals surface area contributed by atoms with Crippen molar-refractivity contribution < 1.29 is 34.2 Å². The lowest BCUT2D eigenvalue weighted by Crippen LogP contribution is -2.54. The van der Waals surface area contributed by atoms with Crippen LogP contribution in [0.1, 0.15) is 27.7 Å². The van der Waals surface area contributed by atoms with Crippen LogP contribution in [0.15, 0.2) is 0 Å². The number of amides is 4. The van der Waals surface area contributed by atoms with Crippen LogP contribution in [0.2, 0.25) is 0 Å². The maximum atomic E-state index is 12.1. The van der Waals surface area contributed by atoms with E-state index in [0.717, 1.165) is 6.92 Å². The van der Waals surface area contributed by atoms with Gasteiger partial charge in [-0.3, -0.25) is 14.4 Å². The van der Waals surface area contributed by atoms with Gasteiger partial charge in [-0.25, -0.2) is 9.59 Å². The van der Waals surface area contributed by atoms with Crippen LogP contribution in [-0.2, 0) is 19.2 Å². The molecule has 0 saturated carbocycles. The van der Waals surface area contributed by atoms with Crippen LogP contribution < -0.4 is 21.3 Å². The minimum atomic E-state index is -1.33. The van der Waals surface area contributed by atoms with Gasteiger partial charge < -0.3 is 31.5 Å². The molecule has 28 heavy (non-hydrogen) atoms. The Balaban J connectivity index is 4.81. The summed E-state index contributed by atoms with van der Waals surface area (Å²) in [5.74, 6) is -3.65. The third-order valence-electron chi connectivity index (χ3n) is 2.72. The number of aliphatic carboxylic acids is 2. The van der Waals surface area contributed by atoms with Crippen molar-refractivity contribution in [3.05, 3.63) is 0 Å². The number of hydrogen-bond donors (Lipinski definition) is 6. The number of rotatable bonds is 11. The van der Waals surface area contributed by atoms with E-state index in [0.29, 0.717) is 0 Å². The molecular formula is C15H26N4O7S2. The molecular weight excluding hydrogens is 412 g/mol. The second kappa shape index (κ2) is 12.3. The minimum Gasteiger partial charge on any atom is -0.480 e. The molecule has 0 heterocycles. The lowest BCUT2D eigenvalue weighted by atomic mass is 10.3. The molecule has 13 heteroatoms. The molecule has 0 aliphatic carbocycles. The predicted molar refractivity (Wildman–Crippen MR) is 106 cm³/mol. The summed E-state index contributed by atoms with van der Waals surface area (Å²) in [6, 6.07) is -3.19. The Morgan fingerprint density at radius 2 is 1.57 bits per heavy atom. The summed E-state index contributed by atoms with van der Waals surface area (Å²) in [6.45, 7) is 6.06. The third kappa shape index (κ3) is 13.1. The van der Waals surface area contributed by atoms with Crippen LogP contribution in [0.5, 0.6) is 0 Å². The average molecular weight is 439 g/mol. The van der Waals surface area contributed by atoms with E-state index in [4.69, 9.17) is 10.2 Å². The van der Waals surface area contributed by atoms with E-state index in [1.54, 1.807) is 0 Å². The van der Waals surface area contributed by atoms with Crippen molar-refractivity contribution in [2.24, 2.45) is 0 Å². The Morgan fingerprint density at radius 3 is 2.04 bits per heavy atom. The summed E-state index contributed by atoms with van der Waals surface area (Å²) in [5.41, 5.74) is 0. The summed E-state index contributed by atoms with van der Waals surface area (Å²) in [5, 5.41) is 26.7.